The molecule has 1 unspecified atom stereocenters. The first-order valence-corrected chi connectivity index (χ1v) is 5.46. The molecule has 0 fully saturated rings. The van der Waals surface area contributed by atoms with Crippen molar-refractivity contribution < 1.29 is 21.1 Å². The van der Waals surface area contributed by atoms with E-state index in [2.05, 4.69) is 0 Å². The Hall–Kier alpha value is 0.994. The zero-order chi connectivity index (χ0) is 7.28. The van der Waals surface area contributed by atoms with E-state index in [9.17, 15) is 0 Å². The van der Waals surface area contributed by atoms with Gasteiger partial charge >= 0.3 is 67.4 Å². The standard InChI is InChI=1S/C4H9O2.2ClH.Ni/c1-5-3-4-6-2;;;/h3H,4H2,1-2H3;2*1H;/q;;;+2/p-2. The van der Waals surface area contributed by atoms with Gasteiger partial charge in [0.2, 0.25) is 0 Å². The average Bonchev–Trinajstić information content (AvgIpc) is 1.82. The summed E-state index contributed by atoms with van der Waals surface area (Å²) in [5.41, 5.74) is 0. The molecule has 0 aromatic carbocycles. The second-order valence-corrected chi connectivity index (χ2v) is 5.08. The Labute approximate surface area is 67.6 Å². The Morgan fingerprint density at radius 1 is 1.44 bits per heavy atom. The van der Waals surface area contributed by atoms with Gasteiger partial charge in [-0.1, -0.05) is 0 Å². The van der Waals surface area contributed by atoms with Gasteiger partial charge in [-0.25, -0.2) is 0 Å². The van der Waals surface area contributed by atoms with Crippen LogP contribution in [0.4, 0.5) is 0 Å². The van der Waals surface area contributed by atoms with Crippen LogP contribution in [0.5, 0.6) is 0 Å². The van der Waals surface area contributed by atoms with E-state index in [-0.39, 0.29) is 5.07 Å². The van der Waals surface area contributed by atoms with Crippen LogP contribution in [0.25, 0.3) is 0 Å². The van der Waals surface area contributed by atoms with E-state index in [0.29, 0.717) is 6.61 Å². The van der Waals surface area contributed by atoms with Gasteiger partial charge in [-0.2, -0.15) is 0 Å². The Morgan fingerprint density at radius 3 is 2.11 bits per heavy atom. The van der Waals surface area contributed by atoms with Crippen LogP contribution < -0.4 is 0 Å². The quantitative estimate of drug-likeness (QED) is 0.667. The molecule has 0 aliphatic heterocycles. The van der Waals surface area contributed by atoms with Gasteiger partial charge < -0.3 is 0 Å². The predicted molar refractivity (Wildman–Crippen MR) is 34.4 cm³/mol. The van der Waals surface area contributed by atoms with Crippen LogP contribution >= 0.6 is 20.4 Å². The van der Waals surface area contributed by atoms with Crippen LogP contribution in [-0.2, 0) is 21.1 Å². The number of halogens is 2. The minimum absolute atomic E-state index is 0.182. The normalized spacial score (nSPS) is 15.3. The van der Waals surface area contributed by atoms with Gasteiger partial charge in [-0.15, -0.1) is 0 Å². The number of ether oxygens (including phenoxy) is 2. The van der Waals surface area contributed by atoms with Crippen molar-refractivity contribution in [2.45, 2.75) is 5.07 Å². The monoisotopic (exact) mass is 217 g/mol. The van der Waals surface area contributed by atoms with Gasteiger partial charge in [0, 0.05) is 0 Å². The van der Waals surface area contributed by atoms with Crippen molar-refractivity contribution >= 4 is 20.4 Å². The first-order valence-electron chi connectivity index (χ1n) is 2.17. The molecule has 0 aromatic heterocycles. The molecule has 5 heteroatoms. The molecule has 0 heterocycles. The average molecular weight is 219 g/mol. The Kier molecular flexibility index (Phi) is 6.39. The maximum atomic E-state index is 5.52. The molecular formula is C4H9Cl2NiO2. The van der Waals surface area contributed by atoms with E-state index in [4.69, 9.17) is 29.9 Å². The Bertz CT molecular complexity index is 71.6. The molecule has 0 amide bonds. The molecule has 1 atom stereocenters. The molecule has 0 spiro atoms. The van der Waals surface area contributed by atoms with E-state index >= 15 is 0 Å². The fraction of sp³-hybridized carbons (Fsp3) is 1.00. The van der Waals surface area contributed by atoms with E-state index in [1.807, 2.05) is 0 Å². The number of methoxy groups -OCH3 is 2. The zero-order valence-electron chi connectivity index (χ0n) is 5.17. The molecule has 0 bridgehead atoms. The molecule has 0 aliphatic rings. The summed E-state index contributed by atoms with van der Waals surface area (Å²) < 4.78 is 9.65. The van der Waals surface area contributed by atoms with E-state index in [0.717, 1.165) is 0 Å². The van der Waals surface area contributed by atoms with Gasteiger partial charge in [0.15, 0.2) is 0 Å². The van der Waals surface area contributed by atoms with Crippen LogP contribution in [0, 0.1) is 0 Å². The van der Waals surface area contributed by atoms with Crippen LogP contribution in [0.2, 0.25) is 0 Å². The molecule has 0 aliphatic carbocycles. The molecule has 9 heavy (non-hydrogen) atoms. The van der Waals surface area contributed by atoms with Gasteiger partial charge in [0.1, 0.15) is 0 Å². The topological polar surface area (TPSA) is 18.5 Å². The Morgan fingerprint density at radius 2 is 2.00 bits per heavy atom. The molecule has 61 valence electrons. The van der Waals surface area contributed by atoms with Crippen LogP contribution in [0.1, 0.15) is 0 Å². The summed E-state index contributed by atoms with van der Waals surface area (Å²) in [5, 5.41) is -0.182. The van der Waals surface area contributed by atoms with Gasteiger partial charge in [0.25, 0.3) is 0 Å². The first kappa shape index (κ1) is 9.99. The minimum atomic E-state index is -0.875. The predicted octanol–water partition coefficient (Wildman–Crippen LogP) is 1.53. The molecule has 0 rings (SSSR count). The number of rotatable bonds is 4. The summed E-state index contributed by atoms with van der Waals surface area (Å²) in [4.78, 5) is 0. The third-order valence-corrected chi connectivity index (χ3v) is 2.83. The van der Waals surface area contributed by atoms with Crippen LogP contribution in [0.3, 0.4) is 0 Å². The Balaban J connectivity index is 3.41. The fourth-order valence-corrected chi connectivity index (χ4v) is 1.54. The molecular weight excluding hydrogens is 210 g/mol. The van der Waals surface area contributed by atoms with Crippen molar-refractivity contribution in [3.05, 3.63) is 0 Å². The van der Waals surface area contributed by atoms with Gasteiger partial charge in [0.05, 0.1) is 0 Å². The second kappa shape index (κ2) is 5.75. The maximum absolute atomic E-state index is 5.52. The van der Waals surface area contributed by atoms with Crippen molar-refractivity contribution in [2.24, 2.45) is 0 Å². The summed E-state index contributed by atoms with van der Waals surface area (Å²) in [7, 11) is 14.2. The molecule has 0 radical (unpaired) electrons. The second-order valence-electron chi connectivity index (χ2n) is 1.24. The molecule has 0 aromatic rings. The molecule has 0 saturated heterocycles. The van der Waals surface area contributed by atoms with Crippen molar-refractivity contribution in [3.8, 4) is 0 Å². The summed E-state index contributed by atoms with van der Waals surface area (Å²) in [6.07, 6.45) is 0. The van der Waals surface area contributed by atoms with Crippen molar-refractivity contribution in [1.82, 2.24) is 0 Å². The van der Waals surface area contributed by atoms with Gasteiger partial charge in [-0.05, 0) is 0 Å². The summed E-state index contributed by atoms with van der Waals surface area (Å²) in [6.45, 7) is 0.443. The zero-order valence-corrected chi connectivity index (χ0v) is 7.67. The van der Waals surface area contributed by atoms with Crippen LogP contribution in [0.15, 0.2) is 0 Å². The third kappa shape index (κ3) is 4.40. The first-order chi connectivity index (χ1) is 4.22. The van der Waals surface area contributed by atoms with E-state index in [1.54, 1.807) is 14.2 Å². The van der Waals surface area contributed by atoms with Crippen LogP contribution in [-0.4, -0.2) is 25.9 Å². The van der Waals surface area contributed by atoms with Crippen molar-refractivity contribution in [3.63, 3.8) is 0 Å². The number of hydrogen-bond donors (Lipinski definition) is 0. The third-order valence-electron chi connectivity index (χ3n) is 0.683. The fourth-order valence-electron chi connectivity index (χ4n) is 0.285. The van der Waals surface area contributed by atoms with E-state index < -0.39 is 11.6 Å². The van der Waals surface area contributed by atoms with Crippen molar-refractivity contribution in [1.29, 1.82) is 0 Å². The summed E-state index contributed by atoms with van der Waals surface area (Å²) in [6, 6.07) is 0. The SMILES string of the molecule is COC[CH](OC)[Ni]([Cl])[Cl]. The van der Waals surface area contributed by atoms with Crippen molar-refractivity contribution in [2.75, 3.05) is 20.8 Å². The summed E-state index contributed by atoms with van der Waals surface area (Å²) in [5.74, 6) is 0. The number of hydrogen-bond acceptors (Lipinski definition) is 2. The summed E-state index contributed by atoms with van der Waals surface area (Å²) >= 11 is -0.875. The molecule has 0 N–H and O–H groups in total. The molecule has 0 saturated carbocycles. The van der Waals surface area contributed by atoms with Gasteiger partial charge in [-0.3, -0.25) is 0 Å². The van der Waals surface area contributed by atoms with E-state index in [1.165, 1.54) is 0 Å². The molecule has 2 nitrogen and oxygen atoms in total.